The van der Waals surface area contributed by atoms with Crippen molar-refractivity contribution in [3.05, 3.63) is 0 Å². The molecule has 0 saturated carbocycles. The lowest BCUT2D eigenvalue weighted by molar-refractivity contribution is -0.171. The van der Waals surface area contributed by atoms with Gasteiger partial charge in [-0.3, -0.25) is 4.79 Å². The van der Waals surface area contributed by atoms with Gasteiger partial charge in [-0.1, -0.05) is 0 Å². The van der Waals surface area contributed by atoms with E-state index in [0.29, 0.717) is 13.2 Å². The zero-order valence-corrected chi connectivity index (χ0v) is 8.38. The van der Waals surface area contributed by atoms with Crippen LogP contribution in [0.25, 0.3) is 0 Å². The van der Waals surface area contributed by atoms with Gasteiger partial charge in [-0.25, -0.2) is 4.79 Å². The number of amides is 1. The van der Waals surface area contributed by atoms with Crippen molar-refractivity contribution in [2.24, 2.45) is 0 Å². The summed E-state index contributed by atoms with van der Waals surface area (Å²) in [5.41, 5.74) is 0. The first-order valence-electron chi connectivity index (χ1n) is 4.83. The van der Waals surface area contributed by atoms with Crippen molar-refractivity contribution in [3.63, 3.8) is 0 Å². The third kappa shape index (κ3) is 1.82. The van der Waals surface area contributed by atoms with E-state index in [1.54, 1.807) is 0 Å². The first kappa shape index (κ1) is 10.4. The Labute approximate surface area is 86.8 Å². The van der Waals surface area contributed by atoms with Gasteiger partial charge in [-0.15, -0.1) is 0 Å². The van der Waals surface area contributed by atoms with Crippen LogP contribution in [0.1, 0.15) is 6.92 Å². The normalized spacial score (nSPS) is 35.0. The van der Waals surface area contributed by atoms with Gasteiger partial charge in [0.2, 0.25) is 5.91 Å². The topological polar surface area (TPSA) is 76.1 Å². The van der Waals surface area contributed by atoms with Gasteiger partial charge < -0.3 is 19.5 Å². The van der Waals surface area contributed by atoms with Gasteiger partial charge in [0.1, 0.15) is 6.10 Å². The van der Waals surface area contributed by atoms with E-state index in [1.807, 2.05) is 0 Å². The molecule has 0 aromatic heterocycles. The second kappa shape index (κ2) is 3.79. The highest BCUT2D eigenvalue weighted by Gasteiger charge is 2.44. The van der Waals surface area contributed by atoms with Crippen LogP contribution in [0.3, 0.4) is 0 Å². The van der Waals surface area contributed by atoms with Gasteiger partial charge in [0.05, 0.1) is 25.8 Å². The molecule has 84 valence electrons. The predicted octanol–water partition coefficient (Wildman–Crippen LogP) is -0.914. The van der Waals surface area contributed by atoms with Crippen LogP contribution in [0.4, 0.5) is 0 Å². The van der Waals surface area contributed by atoms with E-state index in [-0.39, 0.29) is 24.6 Å². The number of hydrogen-bond acceptors (Lipinski definition) is 4. The number of carboxylic acids is 1. The summed E-state index contributed by atoms with van der Waals surface area (Å²) in [6.45, 7) is 2.32. The Balaban J connectivity index is 2.15. The zero-order chi connectivity index (χ0) is 11.0. The molecule has 2 rings (SSSR count). The second-order valence-corrected chi connectivity index (χ2v) is 3.78. The Morgan fingerprint density at radius 2 is 2.13 bits per heavy atom. The number of morpholine rings is 1. The standard InChI is InChI=1S/C9H13NO5/c1-5(11)10-2-7(9(12)13)15-8-4-14-3-6(8)10/h6-8H,2-4H2,1H3,(H,12,13)/t6-,7?,8-/m1/s1. The minimum Gasteiger partial charge on any atom is -0.479 e. The van der Waals surface area contributed by atoms with Gasteiger partial charge >= 0.3 is 5.97 Å². The van der Waals surface area contributed by atoms with Crippen molar-refractivity contribution in [3.8, 4) is 0 Å². The minimum atomic E-state index is -1.04. The summed E-state index contributed by atoms with van der Waals surface area (Å²) in [4.78, 5) is 23.7. The van der Waals surface area contributed by atoms with E-state index in [9.17, 15) is 9.59 Å². The summed E-state index contributed by atoms with van der Waals surface area (Å²) in [5, 5.41) is 8.85. The third-order valence-electron chi connectivity index (χ3n) is 2.78. The molecular formula is C9H13NO5. The van der Waals surface area contributed by atoms with Gasteiger partial charge in [0, 0.05) is 6.92 Å². The smallest absolute Gasteiger partial charge is 0.334 e. The average Bonchev–Trinajstić information content (AvgIpc) is 2.62. The molecule has 0 aliphatic carbocycles. The average molecular weight is 215 g/mol. The third-order valence-corrected chi connectivity index (χ3v) is 2.78. The number of carboxylic acid groups (broad SMARTS) is 1. The summed E-state index contributed by atoms with van der Waals surface area (Å²) < 4.78 is 10.5. The summed E-state index contributed by atoms with van der Waals surface area (Å²) in [7, 11) is 0. The van der Waals surface area contributed by atoms with Crippen LogP contribution >= 0.6 is 0 Å². The van der Waals surface area contributed by atoms with E-state index in [1.165, 1.54) is 11.8 Å². The lowest BCUT2D eigenvalue weighted by atomic mass is 10.1. The first-order chi connectivity index (χ1) is 7.09. The lowest BCUT2D eigenvalue weighted by Gasteiger charge is -2.38. The van der Waals surface area contributed by atoms with Crippen molar-refractivity contribution in [2.75, 3.05) is 19.8 Å². The quantitative estimate of drug-likeness (QED) is 0.612. The van der Waals surface area contributed by atoms with Crippen LogP contribution in [0, 0.1) is 0 Å². The van der Waals surface area contributed by atoms with Gasteiger partial charge in [-0.2, -0.15) is 0 Å². The molecule has 0 spiro atoms. The molecule has 2 saturated heterocycles. The molecule has 3 atom stereocenters. The fourth-order valence-electron chi connectivity index (χ4n) is 2.01. The molecule has 1 amide bonds. The SMILES string of the molecule is CC(=O)N1CC(C(=O)O)O[C@@H]2COC[C@H]21. The monoisotopic (exact) mass is 215 g/mol. The maximum atomic E-state index is 11.3. The largest absolute Gasteiger partial charge is 0.479 e. The van der Waals surface area contributed by atoms with Crippen molar-refractivity contribution in [1.82, 2.24) is 4.90 Å². The first-order valence-corrected chi connectivity index (χ1v) is 4.83. The summed E-state index contributed by atoms with van der Waals surface area (Å²) in [5.74, 6) is -1.17. The van der Waals surface area contributed by atoms with Gasteiger partial charge in [-0.05, 0) is 0 Å². The molecule has 2 aliphatic heterocycles. The van der Waals surface area contributed by atoms with Crippen molar-refractivity contribution in [2.45, 2.75) is 25.2 Å². The summed E-state index contributed by atoms with van der Waals surface area (Å²) in [6, 6.07) is -0.127. The van der Waals surface area contributed by atoms with Crippen LogP contribution in [0.15, 0.2) is 0 Å². The number of carbonyl (C=O) groups excluding carboxylic acids is 1. The lowest BCUT2D eigenvalue weighted by Crippen LogP contribution is -2.57. The molecule has 2 aliphatic rings. The molecule has 1 unspecified atom stereocenters. The number of ether oxygens (including phenoxy) is 2. The van der Waals surface area contributed by atoms with Crippen molar-refractivity contribution >= 4 is 11.9 Å². The summed E-state index contributed by atoms with van der Waals surface area (Å²) >= 11 is 0. The number of carbonyl (C=O) groups is 2. The minimum absolute atomic E-state index is 0.106. The molecule has 0 aromatic carbocycles. The highest BCUT2D eigenvalue weighted by atomic mass is 16.6. The van der Waals surface area contributed by atoms with E-state index < -0.39 is 12.1 Å². The number of rotatable bonds is 1. The molecule has 2 fully saturated rings. The molecule has 2 heterocycles. The van der Waals surface area contributed by atoms with Crippen molar-refractivity contribution in [1.29, 1.82) is 0 Å². The number of fused-ring (bicyclic) bond motifs is 1. The van der Waals surface area contributed by atoms with E-state index in [4.69, 9.17) is 14.6 Å². The predicted molar refractivity (Wildman–Crippen MR) is 48.3 cm³/mol. The van der Waals surface area contributed by atoms with E-state index in [2.05, 4.69) is 0 Å². The molecule has 15 heavy (non-hydrogen) atoms. The van der Waals surface area contributed by atoms with Crippen LogP contribution in [0.2, 0.25) is 0 Å². The van der Waals surface area contributed by atoms with Crippen LogP contribution in [0.5, 0.6) is 0 Å². The fraction of sp³-hybridized carbons (Fsp3) is 0.778. The van der Waals surface area contributed by atoms with Crippen LogP contribution < -0.4 is 0 Å². The highest BCUT2D eigenvalue weighted by Crippen LogP contribution is 2.23. The zero-order valence-electron chi connectivity index (χ0n) is 8.38. The molecule has 1 N–H and O–H groups in total. The number of aliphatic carboxylic acids is 1. The molecule has 0 aromatic rings. The Morgan fingerprint density at radius 1 is 1.40 bits per heavy atom. The number of hydrogen-bond donors (Lipinski definition) is 1. The number of nitrogens with zero attached hydrogens (tertiary/aromatic N) is 1. The van der Waals surface area contributed by atoms with Crippen molar-refractivity contribution < 1.29 is 24.2 Å². The Kier molecular flexibility index (Phi) is 2.62. The maximum absolute atomic E-state index is 11.3. The van der Waals surface area contributed by atoms with E-state index >= 15 is 0 Å². The Bertz CT molecular complexity index is 292. The summed E-state index contributed by atoms with van der Waals surface area (Å²) in [6.07, 6.45) is -1.24. The fourth-order valence-corrected chi connectivity index (χ4v) is 2.01. The van der Waals surface area contributed by atoms with Crippen LogP contribution in [-0.2, 0) is 19.1 Å². The second-order valence-electron chi connectivity index (χ2n) is 3.78. The maximum Gasteiger partial charge on any atom is 0.334 e. The highest BCUT2D eigenvalue weighted by molar-refractivity contribution is 5.77. The molecular weight excluding hydrogens is 202 g/mol. The molecule has 6 nitrogen and oxygen atoms in total. The Hall–Kier alpha value is -1.14. The molecule has 6 heteroatoms. The molecule has 0 bridgehead atoms. The van der Waals surface area contributed by atoms with Crippen LogP contribution in [-0.4, -0.2) is 59.9 Å². The Morgan fingerprint density at radius 3 is 2.73 bits per heavy atom. The molecule has 0 radical (unpaired) electrons. The van der Waals surface area contributed by atoms with Gasteiger partial charge in [0.15, 0.2) is 6.10 Å². The van der Waals surface area contributed by atoms with E-state index in [0.717, 1.165) is 0 Å². The van der Waals surface area contributed by atoms with Gasteiger partial charge in [0.25, 0.3) is 0 Å².